The molecule has 0 aliphatic heterocycles. The molecule has 0 bridgehead atoms. The molecule has 1 N–H and O–H groups in total. The van der Waals surface area contributed by atoms with E-state index in [2.05, 4.69) is 30.6 Å². The third-order valence-electron chi connectivity index (χ3n) is 7.77. The average Bonchev–Trinajstić information content (AvgIpc) is 3.57. The molecule has 1 aliphatic rings. The van der Waals surface area contributed by atoms with E-state index in [0.29, 0.717) is 39.9 Å². The molecule has 1 aliphatic carbocycles. The zero-order chi connectivity index (χ0) is 29.6. The molecule has 214 valence electrons. The van der Waals surface area contributed by atoms with Gasteiger partial charge >= 0.3 is 5.76 Å². The number of hydrogen-bond acceptors (Lipinski definition) is 6. The number of imidazole rings is 1. The van der Waals surface area contributed by atoms with Crippen molar-refractivity contribution in [3.8, 4) is 35.1 Å². The third kappa shape index (κ3) is 5.07. The van der Waals surface area contributed by atoms with Gasteiger partial charge in [-0.2, -0.15) is 0 Å². The quantitative estimate of drug-likeness (QED) is 0.228. The number of pyridine rings is 2. The van der Waals surface area contributed by atoms with Crippen LogP contribution in [0, 0.1) is 35.8 Å². The van der Waals surface area contributed by atoms with E-state index in [9.17, 15) is 9.18 Å². The number of rotatable bonds is 6. The summed E-state index contributed by atoms with van der Waals surface area (Å²) in [5.74, 6) is 0.429. The maximum Gasteiger partial charge on any atom is 0.439 e. The van der Waals surface area contributed by atoms with Gasteiger partial charge in [-0.15, -0.1) is 12.3 Å². The molecule has 4 aromatic heterocycles. The topological polar surface area (TPSA) is 102 Å². The second kappa shape index (κ2) is 10.8. The highest BCUT2D eigenvalue weighted by molar-refractivity contribution is 6.30. The molecule has 1 aromatic carbocycles. The van der Waals surface area contributed by atoms with Gasteiger partial charge in [0.15, 0.2) is 11.5 Å². The number of nitrogens with one attached hydrogen (secondary N) is 1. The molecule has 0 amide bonds. The summed E-state index contributed by atoms with van der Waals surface area (Å²) in [6.45, 7) is 1.54. The summed E-state index contributed by atoms with van der Waals surface area (Å²) in [5.41, 5.74) is -1.05. The van der Waals surface area contributed by atoms with Crippen molar-refractivity contribution in [1.82, 2.24) is 29.7 Å². The number of alkyl halides is 1. The maximum absolute atomic E-state index is 16.9. The van der Waals surface area contributed by atoms with Crippen LogP contribution in [0.5, 0.6) is 0 Å². The minimum absolute atomic E-state index is 0.0365. The normalized spacial score (nSPS) is 18.6. The molecule has 0 spiro atoms. The van der Waals surface area contributed by atoms with Gasteiger partial charge < -0.3 is 4.57 Å². The van der Waals surface area contributed by atoms with Crippen molar-refractivity contribution in [2.24, 2.45) is 11.8 Å². The Hall–Kier alpha value is -4.43. The second-order valence-corrected chi connectivity index (χ2v) is 11.1. The maximum atomic E-state index is 16.9. The fourth-order valence-electron chi connectivity index (χ4n) is 5.66. The SMILES string of the molecule is C#CC1CCC(Cn2c(C(C)(F)c3ccc(F)cc3F)nc3cc(-c4noc(=O)[nH]4)nc(-c4cncc(Cl)c4)c32)CC1. The molecular formula is C30H24ClF3N6O2. The monoisotopic (exact) mass is 592 g/mol. The van der Waals surface area contributed by atoms with Crippen molar-refractivity contribution < 1.29 is 17.7 Å². The van der Waals surface area contributed by atoms with Crippen molar-refractivity contribution >= 4 is 22.6 Å². The number of aromatic nitrogens is 6. The van der Waals surface area contributed by atoms with Gasteiger partial charge in [0.1, 0.15) is 17.3 Å². The molecule has 12 heteroatoms. The lowest BCUT2D eigenvalue weighted by Crippen LogP contribution is -2.27. The lowest BCUT2D eigenvalue weighted by molar-refractivity contribution is 0.211. The lowest BCUT2D eigenvalue weighted by atomic mass is 9.82. The van der Waals surface area contributed by atoms with Gasteiger partial charge in [-0.05, 0) is 62.8 Å². The van der Waals surface area contributed by atoms with Crippen molar-refractivity contribution in [3.63, 3.8) is 0 Å². The molecule has 8 nitrogen and oxygen atoms in total. The van der Waals surface area contributed by atoms with Crippen LogP contribution in [-0.2, 0) is 12.2 Å². The van der Waals surface area contributed by atoms with Crippen LogP contribution in [0.3, 0.4) is 0 Å². The summed E-state index contributed by atoms with van der Waals surface area (Å²) in [5, 5.41) is 4.08. The number of halogens is 4. The van der Waals surface area contributed by atoms with E-state index in [0.717, 1.165) is 37.8 Å². The van der Waals surface area contributed by atoms with E-state index in [1.165, 1.54) is 19.2 Å². The Bertz CT molecular complexity index is 1900. The van der Waals surface area contributed by atoms with E-state index < -0.39 is 23.1 Å². The number of H-pyrrole nitrogens is 1. The van der Waals surface area contributed by atoms with Gasteiger partial charge in [-0.25, -0.2) is 27.9 Å². The number of nitrogens with zero attached hydrogens (tertiary/aromatic N) is 5. The molecular weight excluding hydrogens is 569 g/mol. The van der Waals surface area contributed by atoms with Gasteiger partial charge in [0.05, 0.1) is 21.7 Å². The molecule has 1 fully saturated rings. The minimum atomic E-state index is -2.47. The summed E-state index contributed by atoms with van der Waals surface area (Å²) in [6.07, 6.45) is 11.9. The number of terminal acetylenes is 1. The number of aromatic amines is 1. The molecule has 5 aromatic rings. The molecule has 6 rings (SSSR count). The third-order valence-corrected chi connectivity index (χ3v) is 7.97. The second-order valence-electron chi connectivity index (χ2n) is 10.6. The summed E-state index contributed by atoms with van der Waals surface area (Å²) in [6, 6.07) is 5.92. The summed E-state index contributed by atoms with van der Waals surface area (Å²) in [7, 11) is 0. The van der Waals surface area contributed by atoms with Gasteiger partial charge in [0.2, 0.25) is 5.82 Å². The van der Waals surface area contributed by atoms with Crippen LogP contribution in [0.15, 0.2) is 52.0 Å². The smallest absolute Gasteiger partial charge is 0.323 e. The first-order chi connectivity index (χ1) is 20.1. The average molecular weight is 593 g/mol. The Kier molecular flexibility index (Phi) is 7.10. The standard InChI is InChI=1S/C30H24ClF3N6O2/c1-3-16-4-6-17(7-5-16)15-40-26-23(37-28(40)30(2,34)21-9-8-20(32)11-22(21)33)12-24(27-38-29(41)42-39-27)36-25(26)18-10-19(31)14-35-13-18/h1,8-14,16-17H,4-7,15H2,2H3,(H,38,39,41). The van der Waals surface area contributed by atoms with Gasteiger partial charge in [-0.3, -0.25) is 14.5 Å². The van der Waals surface area contributed by atoms with Crippen molar-refractivity contribution in [2.45, 2.75) is 44.8 Å². The van der Waals surface area contributed by atoms with Crippen LogP contribution in [0.4, 0.5) is 13.2 Å². The van der Waals surface area contributed by atoms with Crippen molar-refractivity contribution in [2.75, 3.05) is 0 Å². The van der Waals surface area contributed by atoms with Gasteiger partial charge in [0, 0.05) is 42.0 Å². The van der Waals surface area contributed by atoms with E-state index >= 15 is 8.78 Å². The first-order valence-electron chi connectivity index (χ1n) is 13.3. The lowest BCUT2D eigenvalue weighted by Gasteiger charge is -2.29. The molecule has 0 radical (unpaired) electrons. The largest absolute Gasteiger partial charge is 0.439 e. The molecule has 4 heterocycles. The summed E-state index contributed by atoms with van der Waals surface area (Å²) < 4.78 is 52.1. The first-order valence-corrected chi connectivity index (χ1v) is 13.7. The molecule has 1 unspecified atom stereocenters. The highest BCUT2D eigenvalue weighted by Crippen LogP contribution is 2.41. The minimum Gasteiger partial charge on any atom is -0.323 e. The van der Waals surface area contributed by atoms with Crippen LogP contribution in [0.2, 0.25) is 5.02 Å². The first kappa shape index (κ1) is 27.7. The number of fused-ring (bicyclic) bond motifs is 1. The molecule has 42 heavy (non-hydrogen) atoms. The zero-order valence-electron chi connectivity index (χ0n) is 22.4. The molecule has 1 atom stereocenters. The van der Waals surface area contributed by atoms with E-state index in [-0.39, 0.29) is 34.7 Å². The summed E-state index contributed by atoms with van der Waals surface area (Å²) >= 11 is 6.28. The van der Waals surface area contributed by atoms with Crippen LogP contribution in [0.1, 0.15) is 44.0 Å². The van der Waals surface area contributed by atoms with Gasteiger partial charge in [0.25, 0.3) is 0 Å². The van der Waals surface area contributed by atoms with Crippen LogP contribution < -0.4 is 5.76 Å². The Morgan fingerprint density at radius 1 is 1.17 bits per heavy atom. The highest BCUT2D eigenvalue weighted by atomic mass is 35.5. The molecule has 0 saturated heterocycles. The fourth-order valence-corrected chi connectivity index (χ4v) is 5.83. The van der Waals surface area contributed by atoms with E-state index in [1.807, 2.05) is 0 Å². The Balaban J connectivity index is 1.62. The Labute approximate surface area is 243 Å². The Morgan fingerprint density at radius 3 is 2.62 bits per heavy atom. The van der Waals surface area contributed by atoms with Crippen LogP contribution >= 0.6 is 11.6 Å². The van der Waals surface area contributed by atoms with Crippen molar-refractivity contribution in [3.05, 3.63) is 81.3 Å². The zero-order valence-corrected chi connectivity index (χ0v) is 23.1. The Morgan fingerprint density at radius 2 is 1.95 bits per heavy atom. The number of hydrogen-bond donors (Lipinski definition) is 1. The number of benzene rings is 1. The predicted octanol–water partition coefficient (Wildman–Crippen LogP) is 6.44. The fraction of sp³-hybridized carbons (Fsp3) is 0.300. The van der Waals surface area contributed by atoms with E-state index in [1.54, 1.807) is 16.8 Å². The van der Waals surface area contributed by atoms with Crippen molar-refractivity contribution in [1.29, 1.82) is 0 Å². The summed E-state index contributed by atoms with van der Waals surface area (Å²) in [4.78, 5) is 27.8. The van der Waals surface area contributed by atoms with E-state index in [4.69, 9.17) is 23.0 Å². The highest BCUT2D eigenvalue weighted by Gasteiger charge is 2.39. The van der Waals surface area contributed by atoms with Crippen LogP contribution in [-0.4, -0.2) is 29.7 Å². The van der Waals surface area contributed by atoms with Crippen LogP contribution in [0.25, 0.3) is 33.8 Å². The van der Waals surface area contributed by atoms with Gasteiger partial charge in [-0.1, -0.05) is 16.8 Å². The molecule has 1 saturated carbocycles. The predicted molar refractivity (Wildman–Crippen MR) is 150 cm³/mol.